The summed E-state index contributed by atoms with van der Waals surface area (Å²) in [5.74, 6) is 7.34. The van der Waals surface area contributed by atoms with Crippen molar-refractivity contribution in [2.75, 3.05) is 0 Å². The summed E-state index contributed by atoms with van der Waals surface area (Å²) in [6.07, 6.45) is 10.0. The van der Waals surface area contributed by atoms with E-state index >= 15 is 0 Å². The van der Waals surface area contributed by atoms with Crippen LogP contribution in [0.1, 0.15) is 34.6 Å². The normalized spacial score (nSPS) is 20.4. The zero-order chi connectivity index (χ0) is 15.4. The van der Waals surface area contributed by atoms with Crippen molar-refractivity contribution in [3.8, 4) is 0 Å². The van der Waals surface area contributed by atoms with Crippen molar-refractivity contribution in [1.29, 1.82) is 0 Å². The van der Waals surface area contributed by atoms with E-state index in [-0.39, 0.29) is 21.7 Å². The van der Waals surface area contributed by atoms with E-state index in [1.54, 1.807) is 0 Å². The van der Waals surface area contributed by atoms with Gasteiger partial charge in [0, 0.05) is 21.7 Å². The van der Waals surface area contributed by atoms with Crippen molar-refractivity contribution < 1.29 is 31.0 Å². The quantitative estimate of drug-likeness (QED) is 0.370. The van der Waals surface area contributed by atoms with Gasteiger partial charge in [0.1, 0.15) is 0 Å². The van der Waals surface area contributed by atoms with Crippen molar-refractivity contribution in [2.24, 2.45) is 0 Å². The smallest absolute Gasteiger partial charge is 0 e. The van der Waals surface area contributed by atoms with Gasteiger partial charge in [-0.2, -0.15) is 0 Å². The van der Waals surface area contributed by atoms with E-state index < -0.39 is 0 Å². The summed E-state index contributed by atoms with van der Waals surface area (Å²) < 4.78 is 15.0. The third kappa shape index (κ3) is 8.47. The molecule has 2 saturated carbocycles. The van der Waals surface area contributed by atoms with Gasteiger partial charge in [-0.3, -0.25) is 0 Å². The molecule has 0 heterocycles. The molecule has 2 aliphatic rings. The topological polar surface area (TPSA) is 39.8 Å². The molecule has 10 radical (unpaired) electrons. The van der Waals surface area contributed by atoms with E-state index in [0.717, 1.165) is 0 Å². The van der Waals surface area contributed by atoms with Gasteiger partial charge in [-0.1, -0.05) is 34.6 Å². The van der Waals surface area contributed by atoms with E-state index in [0.29, 0.717) is 0 Å². The van der Waals surface area contributed by atoms with E-state index in [4.69, 9.17) is 9.30 Å². The van der Waals surface area contributed by atoms with E-state index in [2.05, 4.69) is 47.9 Å². The van der Waals surface area contributed by atoms with Crippen molar-refractivity contribution in [2.45, 2.75) is 34.6 Å². The molecule has 0 bridgehead atoms. The Morgan fingerprint density at radius 3 is 0.700 bits per heavy atom. The molecule has 2 rings (SSSR count). The zero-order valence-corrected chi connectivity index (χ0v) is 14.3. The summed E-state index contributed by atoms with van der Waals surface area (Å²) in [6.45, 7) is 20.0. The number of hydrogen-bond acceptors (Lipinski definition) is 0. The van der Waals surface area contributed by atoms with Crippen LogP contribution in [0.15, 0.2) is 0 Å². The summed E-state index contributed by atoms with van der Waals surface area (Å²) in [4.78, 5) is 0. The van der Waals surface area contributed by atoms with Crippen LogP contribution in [0.3, 0.4) is 0 Å². The van der Waals surface area contributed by atoms with Crippen molar-refractivity contribution in [1.82, 2.24) is 0 Å². The second-order valence-corrected chi connectivity index (χ2v) is 4.09. The van der Waals surface area contributed by atoms with Gasteiger partial charge < -0.3 is 0 Å². The molecular weight excluding hydrogens is 284 g/mol. The van der Waals surface area contributed by atoms with Crippen LogP contribution in [0.4, 0.5) is 0 Å². The first kappa shape index (κ1) is 25.2. The third-order valence-corrected chi connectivity index (χ3v) is 3.37. The Morgan fingerprint density at radius 2 is 0.600 bits per heavy atom. The number of rotatable bonds is 0. The van der Waals surface area contributed by atoms with E-state index in [9.17, 15) is 0 Å². The van der Waals surface area contributed by atoms with Crippen LogP contribution < -0.4 is 0 Å². The fourth-order valence-electron chi connectivity index (χ4n) is 1.73. The van der Waals surface area contributed by atoms with Crippen LogP contribution >= 0.6 is 0 Å². The SMILES string of the molecule is C[C]1[C](C)[C](C)[C](C)[C]1C.[C-]#[O+].[C-]#[O+].[CH]1[CH][CH][CH][CH]1.[Ti]. The Bertz CT molecular complexity index is 187. The second kappa shape index (κ2) is 15.6. The largest absolute Gasteiger partial charge is 0.0312 e. The maximum absolute atomic E-state index is 7.50. The molecule has 0 aromatic rings. The Balaban J connectivity index is -0.000000246. The molecule has 0 atom stereocenters. The summed E-state index contributed by atoms with van der Waals surface area (Å²) >= 11 is 0. The first-order chi connectivity index (χ1) is 9.05. The second-order valence-electron chi connectivity index (χ2n) is 4.09. The Morgan fingerprint density at radius 1 is 0.500 bits per heavy atom. The Labute approximate surface area is 140 Å². The van der Waals surface area contributed by atoms with Gasteiger partial charge in [-0.25, -0.2) is 0 Å². The molecule has 0 spiro atoms. The molecule has 0 aromatic carbocycles. The van der Waals surface area contributed by atoms with Crippen LogP contribution in [-0.2, 0) is 31.0 Å². The molecule has 0 N–H and O–H groups in total. The Hall–Kier alpha value is 0.194. The third-order valence-electron chi connectivity index (χ3n) is 3.37. The fourth-order valence-corrected chi connectivity index (χ4v) is 1.73. The van der Waals surface area contributed by atoms with Crippen molar-refractivity contribution in [3.63, 3.8) is 0 Å². The first-order valence-electron chi connectivity index (χ1n) is 5.82. The maximum Gasteiger partial charge on any atom is 0 e. The van der Waals surface area contributed by atoms with Crippen LogP contribution in [0.2, 0.25) is 0 Å². The van der Waals surface area contributed by atoms with Gasteiger partial charge in [0.05, 0.1) is 0 Å². The predicted octanol–water partition coefficient (Wildman–Crippen LogP) is 3.92. The van der Waals surface area contributed by atoms with Gasteiger partial charge >= 0.3 is 22.6 Å². The zero-order valence-electron chi connectivity index (χ0n) is 12.7. The van der Waals surface area contributed by atoms with Crippen molar-refractivity contribution >= 4 is 0 Å². The molecule has 104 valence electrons. The van der Waals surface area contributed by atoms with Gasteiger partial charge in [0.25, 0.3) is 0 Å². The maximum atomic E-state index is 7.50. The fraction of sp³-hybridized carbons (Fsp3) is 0.294. The van der Waals surface area contributed by atoms with Gasteiger partial charge in [-0.05, 0) is 61.7 Å². The van der Waals surface area contributed by atoms with Gasteiger partial charge in [0.15, 0.2) is 0 Å². The molecule has 0 unspecified atom stereocenters. The molecule has 0 amide bonds. The van der Waals surface area contributed by atoms with Gasteiger partial charge in [0.2, 0.25) is 0 Å². The van der Waals surface area contributed by atoms with Crippen LogP contribution in [0.5, 0.6) is 0 Å². The monoisotopic (exact) mass is 304 g/mol. The number of hydrogen-bond donors (Lipinski definition) is 0. The minimum Gasteiger partial charge on any atom is -0.0312 e. The molecule has 0 aliphatic heterocycles. The minimum absolute atomic E-state index is 0. The summed E-state index contributed by atoms with van der Waals surface area (Å²) in [5, 5.41) is 0. The Kier molecular flexibility index (Phi) is 19.6. The van der Waals surface area contributed by atoms with Crippen LogP contribution in [-0.4, -0.2) is 0 Å². The standard InChI is InChI=1S/C10H15.C5H5.2CO.Ti/c1-6-7(2)9(4)10(5)8(6)3;1-2-4-5-3-1;2*1-2;/h1-5H3;1-5H;;;. The molecule has 0 saturated heterocycles. The van der Waals surface area contributed by atoms with E-state index in [1.165, 1.54) is 29.6 Å². The molecule has 2 nitrogen and oxygen atoms in total. The van der Waals surface area contributed by atoms with Crippen LogP contribution in [0, 0.1) is 75.0 Å². The summed E-state index contributed by atoms with van der Waals surface area (Å²) in [5.41, 5.74) is 0. The molecule has 2 fully saturated rings. The first-order valence-corrected chi connectivity index (χ1v) is 5.82. The predicted molar refractivity (Wildman–Crippen MR) is 73.9 cm³/mol. The molecule has 20 heavy (non-hydrogen) atoms. The minimum atomic E-state index is 0. The van der Waals surface area contributed by atoms with Crippen LogP contribution in [0.25, 0.3) is 0 Å². The summed E-state index contributed by atoms with van der Waals surface area (Å²) in [7, 11) is 0. The average Bonchev–Trinajstić information content (AvgIpc) is 3.10. The summed E-state index contributed by atoms with van der Waals surface area (Å²) in [6, 6.07) is 0. The average molecular weight is 304 g/mol. The van der Waals surface area contributed by atoms with Crippen molar-refractivity contribution in [3.05, 3.63) is 75.0 Å². The van der Waals surface area contributed by atoms with E-state index in [1.807, 2.05) is 32.1 Å². The molecule has 3 heteroatoms. The molecule has 0 aromatic heterocycles. The molecular formula is C17H20O2Ti. The molecule has 2 aliphatic carbocycles. The van der Waals surface area contributed by atoms with Gasteiger partial charge in [-0.15, -0.1) is 0 Å².